The summed E-state index contributed by atoms with van der Waals surface area (Å²) in [6.07, 6.45) is 0.634. The number of anilines is 1. The molecule has 0 radical (unpaired) electrons. The van der Waals surface area contributed by atoms with Gasteiger partial charge in [0.25, 0.3) is 5.91 Å². The van der Waals surface area contributed by atoms with Gasteiger partial charge in [-0.2, -0.15) is 0 Å². The molecule has 1 aromatic heterocycles. The number of nitrogens with zero attached hydrogens (tertiary/aromatic N) is 1. The van der Waals surface area contributed by atoms with Crippen molar-refractivity contribution in [3.8, 4) is 0 Å². The maximum absolute atomic E-state index is 13.6. The van der Waals surface area contributed by atoms with Gasteiger partial charge in [-0.3, -0.25) is 14.4 Å². The molecule has 0 bridgehead atoms. The summed E-state index contributed by atoms with van der Waals surface area (Å²) in [5.74, 6) is -1.16. The summed E-state index contributed by atoms with van der Waals surface area (Å²) in [4.78, 5) is 51.0. The number of benzene rings is 3. The van der Waals surface area contributed by atoms with Crippen LogP contribution in [0.2, 0.25) is 0 Å². The number of rotatable bonds is 13. The topological polar surface area (TPSA) is 128 Å². The predicted octanol–water partition coefficient (Wildman–Crippen LogP) is 5.04. The molecule has 230 valence electrons. The number of aryl methyl sites for hydroxylation is 3. The third-order valence-corrected chi connectivity index (χ3v) is 7.47. The predicted molar refractivity (Wildman–Crippen MR) is 168 cm³/mol. The number of amides is 3. The average molecular weight is 599 g/mol. The molecular formula is C34H38N4O6. The van der Waals surface area contributed by atoms with Crippen LogP contribution in [0.3, 0.4) is 0 Å². The molecule has 0 aliphatic carbocycles. The van der Waals surface area contributed by atoms with E-state index in [1.54, 1.807) is 29.8 Å². The van der Waals surface area contributed by atoms with Crippen molar-refractivity contribution < 1.29 is 28.7 Å². The van der Waals surface area contributed by atoms with Crippen LogP contribution < -0.4 is 16.0 Å². The highest BCUT2D eigenvalue weighted by Gasteiger charge is 2.24. The number of nitrogens with one attached hydrogen (secondary N) is 3. The number of para-hydroxylation sites is 2. The molecule has 3 N–H and O–H groups in total. The maximum atomic E-state index is 13.6. The molecule has 44 heavy (non-hydrogen) atoms. The minimum absolute atomic E-state index is 0.153. The van der Waals surface area contributed by atoms with Crippen LogP contribution in [0.25, 0.3) is 10.9 Å². The van der Waals surface area contributed by atoms with E-state index in [9.17, 15) is 19.2 Å². The largest absolute Gasteiger partial charge is 0.469 e. The first-order valence-electron chi connectivity index (χ1n) is 14.5. The van der Waals surface area contributed by atoms with Crippen LogP contribution in [0.1, 0.15) is 46.4 Å². The average Bonchev–Trinajstić information content (AvgIpc) is 3.37. The Morgan fingerprint density at radius 1 is 0.909 bits per heavy atom. The molecule has 1 heterocycles. The number of alkyl carbamates (subject to hydrolysis) is 1. The van der Waals surface area contributed by atoms with Crippen LogP contribution in [-0.2, 0) is 39.1 Å². The Balaban J connectivity index is 1.42. The molecule has 0 unspecified atom stereocenters. The SMILES string of the molecule is COC(=O)CCc1ccccc1NC(=O)[C@H](CCCNC(=O)OCc1ccccc1C)NC(=O)c1cc2ccccc2n1C. The van der Waals surface area contributed by atoms with Crippen molar-refractivity contribution in [2.24, 2.45) is 7.05 Å². The summed E-state index contributed by atoms with van der Waals surface area (Å²) in [5, 5.41) is 9.43. The van der Waals surface area contributed by atoms with Crippen LogP contribution in [0.15, 0.2) is 78.9 Å². The minimum atomic E-state index is -0.904. The maximum Gasteiger partial charge on any atom is 0.407 e. The molecular weight excluding hydrogens is 560 g/mol. The van der Waals surface area contributed by atoms with E-state index in [2.05, 4.69) is 16.0 Å². The molecule has 0 saturated carbocycles. The fourth-order valence-corrected chi connectivity index (χ4v) is 4.89. The van der Waals surface area contributed by atoms with E-state index < -0.39 is 23.9 Å². The molecule has 0 fully saturated rings. The normalized spacial score (nSPS) is 11.4. The summed E-state index contributed by atoms with van der Waals surface area (Å²) in [6.45, 7) is 2.35. The molecule has 1 atom stereocenters. The fraction of sp³-hybridized carbons (Fsp3) is 0.294. The second kappa shape index (κ2) is 15.4. The van der Waals surface area contributed by atoms with Crippen molar-refractivity contribution >= 4 is 40.5 Å². The van der Waals surface area contributed by atoms with E-state index in [0.717, 1.165) is 27.6 Å². The molecule has 0 aliphatic rings. The van der Waals surface area contributed by atoms with Gasteiger partial charge < -0.3 is 30.0 Å². The first-order chi connectivity index (χ1) is 21.3. The van der Waals surface area contributed by atoms with Crippen LogP contribution in [-0.4, -0.2) is 48.1 Å². The lowest BCUT2D eigenvalue weighted by molar-refractivity contribution is -0.140. The lowest BCUT2D eigenvalue weighted by atomic mass is 10.1. The van der Waals surface area contributed by atoms with Crippen LogP contribution >= 0.6 is 0 Å². The highest BCUT2D eigenvalue weighted by molar-refractivity contribution is 6.03. The lowest BCUT2D eigenvalue weighted by Gasteiger charge is -2.20. The van der Waals surface area contributed by atoms with E-state index in [1.165, 1.54) is 7.11 Å². The highest BCUT2D eigenvalue weighted by atomic mass is 16.5. The van der Waals surface area contributed by atoms with Gasteiger partial charge in [0.2, 0.25) is 5.91 Å². The van der Waals surface area contributed by atoms with E-state index in [0.29, 0.717) is 24.2 Å². The van der Waals surface area contributed by atoms with Crippen LogP contribution in [0.5, 0.6) is 0 Å². The zero-order valence-electron chi connectivity index (χ0n) is 25.2. The van der Waals surface area contributed by atoms with E-state index in [-0.39, 0.29) is 32.0 Å². The van der Waals surface area contributed by atoms with Crippen molar-refractivity contribution in [1.82, 2.24) is 15.2 Å². The quantitative estimate of drug-likeness (QED) is 0.146. The number of hydrogen-bond acceptors (Lipinski definition) is 6. The van der Waals surface area contributed by atoms with Gasteiger partial charge >= 0.3 is 12.1 Å². The number of ether oxygens (including phenoxy) is 2. The van der Waals surface area contributed by atoms with Gasteiger partial charge in [-0.25, -0.2) is 4.79 Å². The third kappa shape index (κ3) is 8.47. The Morgan fingerprint density at radius 2 is 1.61 bits per heavy atom. The molecule has 0 saturated heterocycles. The van der Waals surface area contributed by atoms with Crippen LogP contribution in [0, 0.1) is 6.92 Å². The Bertz CT molecular complexity index is 1630. The third-order valence-electron chi connectivity index (χ3n) is 7.47. The van der Waals surface area contributed by atoms with E-state index in [4.69, 9.17) is 9.47 Å². The molecule has 4 aromatic rings. The standard InChI is InChI=1S/C34H38N4O6/c1-23-11-4-5-14-26(23)22-44-34(42)35-20-10-16-28(37-33(41)30-21-25-13-7-9-17-29(25)38(30)2)32(40)36-27-15-8-6-12-24(27)18-19-31(39)43-3/h4-9,11-15,17,21,28H,10,16,18-20,22H2,1-3H3,(H,35,42)(H,36,40)(H,37,41)/t28-/m0/s1. The zero-order valence-corrected chi connectivity index (χ0v) is 25.2. The van der Waals surface area contributed by atoms with Gasteiger partial charge in [-0.05, 0) is 61.1 Å². The fourth-order valence-electron chi connectivity index (χ4n) is 4.89. The second-order valence-electron chi connectivity index (χ2n) is 10.5. The van der Waals surface area contributed by atoms with Crippen molar-refractivity contribution in [2.45, 2.75) is 45.3 Å². The van der Waals surface area contributed by atoms with Crippen molar-refractivity contribution in [1.29, 1.82) is 0 Å². The van der Waals surface area contributed by atoms with Crippen molar-refractivity contribution in [3.63, 3.8) is 0 Å². The molecule has 4 rings (SSSR count). The molecule has 3 amide bonds. The minimum Gasteiger partial charge on any atom is -0.469 e. The smallest absolute Gasteiger partial charge is 0.407 e. The summed E-state index contributed by atoms with van der Waals surface area (Å²) in [5.41, 5.74) is 4.57. The molecule has 0 spiro atoms. The number of hydrogen-bond donors (Lipinski definition) is 3. The van der Waals surface area contributed by atoms with Gasteiger partial charge in [-0.15, -0.1) is 0 Å². The first kappa shape index (κ1) is 31.8. The number of esters is 1. The van der Waals surface area contributed by atoms with Gasteiger partial charge in [0.05, 0.1) is 7.11 Å². The molecule has 3 aromatic carbocycles. The second-order valence-corrected chi connectivity index (χ2v) is 10.5. The van der Waals surface area contributed by atoms with Gasteiger partial charge in [-0.1, -0.05) is 60.7 Å². The van der Waals surface area contributed by atoms with E-state index >= 15 is 0 Å². The van der Waals surface area contributed by atoms with Crippen molar-refractivity contribution in [2.75, 3.05) is 19.0 Å². The highest BCUT2D eigenvalue weighted by Crippen LogP contribution is 2.20. The number of methoxy groups -OCH3 is 1. The zero-order chi connectivity index (χ0) is 31.5. The summed E-state index contributed by atoms with van der Waals surface area (Å²) < 4.78 is 11.9. The molecule has 0 aliphatic heterocycles. The number of fused-ring (bicyclic) bond motifs is 1. The van der Waals surface area contributed by atoms with Gasteiger partial charge in [0.15, 0.2) is 0 Å². The monoisotopic (exact) mass is 598 g/mol. The van der Waals surface area contributed by atoms with E-state index in [1.807, 2.05) is 67.6 Å². The summed E-state index contributed by atoms with van der Waals surface area (Å²) in [7, 11) is 3.13. The van der Waals surface area contributed by atoms with Crippen molar-refractivity contribution in [3.05, 3.63) is 101 Å². The molecule has 10 nitrogen and oxygen atoms in total. The first-order valence-corrected chi connectivity index (χ1v) is 14.5. The lowest BCUT2D eigenvalue weighted by Crippen LogP contribution is -2.44. The van der Waals surface area contributed by atoms with Gasteiger partial charge in [0, 0.05) is 36.6 Å². The number of carbonyl (C=O) groups is 4. The summed E-state index contributed by atoms with van der Waals surface area (Å²) in [6, 6.07) is 23.4. The number of carbonyl (C=O) groups excluding carboxylic acids is 4. The Kier molecular flexibility index (Phi) is 11.1. The Hall–Kier alpha value is -5.12. The Morgan fingerprint density at radius 3 is 2.36 bits per heavy atom. The Labute approximate surface area is 256 Å². The number of aromatic nitrogens is 1. The summed E-state index contributed by atoms with van der Waals surface area (Å²) >= 11 is 0. The molecule has 10 heteroatoms. The van der Waals surface area contributed by atoms with Crippen LogP contribution in [0.4, 0.5) is 10.5 Å². The van der Waals surface area contributed by atoms with Gasteiger partial charge in [0.1, 0.15) is 18.3 Å².